The number of aromatic nitrogens is 5. The Labute approximate surface area is 195 Å². The maximum absolute atomic E-state index is 12.7. The molecule has 0 atom stereocenters. The highest BCUT2D eigenvalue weighted by atomic mass is 16.5. The number of methoxy groups -OCH3 is 1. The van der Waals surface area contributed by atoms with E-state index < -0.39 is 0 Å². The van der Waals surface area contributed by atoms with E-state index in [9.17, 15) is 4.79 Å². The number of benzene rings is 2. The van der Waals surface area contributed by atoms with Crippen LogP contribution in [0.15, 0.2) is 90.0 Å². The zero-order valence-corrected chi connectivity index (χ0v) is 18.3. The number of pyridine rings is 1. The minimum atomic E-state index is -0.303. The molecule has 0 saturated carbocycles. The summed E-state index contributed by atoms with van der Waals surface area (Å²) in [5.74, 6) is 1.75. The van der Waals surface area contributed by atoms with Crippen molar-refractivity contribution in [1.29, 1.82) is 0 Å². The molecule has 1 N–H and O–H groups in total. The van der Waals surface area contributed by atoms with Gasteiger partial charge in [-0.25, -0.2) is 9.97 Å². The van der Waals surface area contributed by atoms with E-state index >= 15 is 0 Å². The van der Waals surface area contributed by atoms with Crippen molar-refractivity contribution >= 4 is 5.91 Å². The van der Waals surface area contributed by atoms with Gasteiger partial charge in [0.2, 0.25) is 5.82 Å². The van der Waals surface area contributed by atoms with Crippen molar-refractivity contribution in [3.8, 4) is 34.4 Å². The molecule has 0 aliphatic carbocycles. The van der Waals surface area contributed by atoms with Crippen LogP contribution in [0, 0.1) is 0 Å². The summed E-state index contributed by atoms with van der Waals surface area (Å²) >= 11 is 0. The van der Waals surface area contributed by atoms with Crippen LogP contribution in [0.3, 0.4) is 0 Å². The lowest BCUT2D eigenvalue weighted by molar-refractivity contribution is 0.0946. The zero-order chi connectivity index (χ0) is 23.3. The first-order chi connectivity index (χ1) is 16.7. The van der Waals surface area contributed by atoms with Crippen LogP contribution in [-0.4, -0.2) is 37.7 Å². The van der Waals surface area contributed by atoms with E-state index in [-0.39, 0.29) is 11.6 Å². The number of rotatable bonds is 7. The first-order valence-corrected chi connectivity index (χ1v) is 10.5. The largest absolute Gasteiger partial charge is 0.497 e. The highest BCUT2D eigenvalue weighted by molar-refractivity contribution is 5.92. The Balaban J connectivity index is 1.35. The van der Waals surface area contributed by atoms with Crippen LogP contribution < -0.4 is 10.1 Å². The van der Waals surface area contributed by atoms with Crippen LogP contribution in [0.2, 0.25) is 0 Å². The molecule has 5 aromatic rings. The normalized spacial score (nSPS) is 10.7. The van der Waals surface area contributed by atoms with E-state index in [0.29, 0.717) is 29.6 Å². The number of carbonyl (C=O) groups excluding carboxylic acids is 1. The molecule has 168 valence electrons. The van der Waals surface area contributed by atoms with E-state index in [1.165, 1.54) is 6.33 Å². The maximum Gasteiger partial charge on any atom is 0.271 e. The maximum atomic E-state index is 12.7. The summed E-state index contributed by atoms with van der Waals surface area (Å²) in [6.45, 7) is 0.349. The molecule has 3 aromatic heterocycles. The van der Waals surface area contributed by atoms with E-state index in [0.717, 1.165) is 16.9 Å². The lowest BCUT2D eigenvalue weighted by atomic mass is 10.2. The van der Waals surface area contributed by atoms with Gasteiger partial charge < -0.3 is 14.6 Å². The Morgan fingerprint density at radius 3 is 2.79 bits per heavy atom. The fourth-order valence-electron chi connectivity index (χ4n) is 3.42. The van der Waals surface area contributed by atoms with Gasteiger partial charge in [-0.1, -0.05) is 47.6 Å². The fourth-order valence-corrected chi connectivity index (χ4v) is 3.42. The molecule has 0 saturated heterocycles. The third-order valence-corrected chi connectivity index (χ3v) is 5.12. The van der Waals surface area contributed by atoms with Gasteiger partial charge >= 0.3 is 0 Å². The summed E-state index contributed by atoms with van der Waals surface area (Å²) in [4.78, 5) is 25.9. The second-order valence-corrected chi connectivity index (χ2v) is 7.36. The number of hydrogen-bond acceptors (Lipinski definition) is 7. The molecule has 0 spiro atoms. The molecule has 0 aliphatic heterocycles. The fraction of sp³-hybridized carbons (Fsp3) is 0.0800. The summed E-state index contributed by atoms with van der Waals surface area (Å²) in [5, 5.41) is 6.95. The van der Waals surface area contributed by atoms with Crippen LogP contribution in [0.1, 0.15) is 16.1 Å². The van der Waals surface area contributed by atoms with Gasteiger partial charge in [0.15, 0.2) is 5.82 Å². The van der Waals surface area contributed by atoms with Crippen molar-refractivity contribution < 1.29 is 14.1 Å². The average molecular weight is 452 g/mol. The summed E-state index contributed by atoms with van der Waals surface area (Å²) < 4.78 is 12.4. The first kappa shape index (κ1) is 21.1. The van der Waals surface area contributed by atoms with E-state index in [1.54, 1.807) is 30.1 Å². The molecule has 34 heavy (non-hydrogen) atoms. The smallest absolute Gasteiger partial charge is 0.271 e. The quantitative estimate of drug-likeness (QED) is 0.399. The van der Waals surface area contributed by atoms with Gasteiger partial charge in [-0.2, -0.15) is 4.98 Å². The van der Waals surface area contributed by atoms with Crippen LogP contribution in [-0.2, 0) is 6.54 Å². The van der Waals surface area contributed by atoms with Crippen molar-refractivity contribution in [1.82, 2.24) is 30.0 Å². The van der Waals surface area contributed by atoms with E-state index in [1.807, 2.05) is 60.7 Å². The molecule has 0 fully saturated rings. The minimum absolute atomic E-state index is 0.259. The predicted molar refractivity (Wildman–Crippen MR) is 124 cm³/mol. The zero-order valence-electron chi connectivity index (χ0n) is 18.3. The molecule has 2 aromatic carbocycles. The molecule has 0 bridgehead atoms. The monoisotopic (exact) mass is 452 g/mol. The summed E-state index contributed by atoms with van der Waals surface area (Å²) in [6.07, 6.45) is 4.79. The van der Waals surface area contributed by atoms with E-state index in [2.05, 4.69) is 25.4 Å². The van der Waals surface area contributed by atoms with Crippen molar-refractivity contribution in [3.63, 3.8) is 0 Å². The van der Waals surface area contributed by atoms with Crippen molar-refractivity contribution in [2.24, 2.45) is 0 Å². The van der Waals surface area contributed by atoms with E-state index in [4.69, 9.17) is 9.26 Å². The molecule has 3 heterocycles. The second kappa shape index (κ2) is 9.37. The topological polar surface area (TPSA) is 108 Å². The van der Waals surface area contributed by atoms with Gasteiger partial charge in [0.25, 0.3) is 11.8 Å². The number of amides is 1. The van der Waals surface area contributed by atoms with Crippen LogP contribution in [0.25, 0.3) is 28.7 Å². The van der Waals surface area contributed by atoms with Gasteiger partial charge in [-0.05, 0) is 29.8 Å². The number of carbonyl (C=O) groups is 1. The Morgan fingerprint density at radius 2 is 1.94 bits per heavy atom. The lowest BCUT2D eigenvalue weighted by Crippen LogP contribution is -2.23. The second-order valence-electron chi connectivity index (χ2n) is 7.36. The molecule has 1 amide bonds. The Bertz CT molecular complexity index is 1430. The number of nitrogens with one attached hydrogen (secondary N) is 1. The summed E-state index contributed by atoms with van der Waals surface area (Å²) in [5.41, 5.74) is 2.65. The first-order valence-electron chi connectivity index (χ1n) is 10.5. The third kappa shape index (κ3) is 4.40. The van der Waals surface area contributed by atoms with Crippen LogP contribution in [0.4, 0.5) is 0 Å². The molecule has 9 nitrogen and oxygen atoms in total. The third-order valence-electron chi connectivity index (χ3n) is 5.12. The number of imidazole rings is 1. The number of hydrogen-bond donors (Lipinski definition) is 1. The molecule has 0 aliphatic rings. The Morgan fingerprint density at radius 1 is 1.06 bits per heavy atom. The Kier molecular flexibility index (Phi) is 5.81. The standard InChI is InChI=1S/C25H20N6O3/c1-33-19-10-5-7-17(13-19)14-27-24(32)21-15-31(16-28-21)23-20(11-6-12-26-23)25-29-22(30-34-25)18-8-3-2-4-9-18/h2-13,15-16H,14H2,1H3,(H,27,32). The molecular formula is C25H20N6O3. The lowest BCUT2D eigenvalue weighted by Gasteiger charge is -2.06. The predicted octanol–water partition coefficient (Wildman–Crippen LogP) is 3.92. The van der Waals surface area contributed by atoms with Gasteiger partial charge in [0, 0.05) is 24.5 Å². The van der Waals surface area contributed by atoms with Gasteiger partial charge in [0.05, 0.1) is 12.7 Å². The summed E-state index contributed by atoms with van der Waals surface area (Å²) in [7, 11) is 1.60. The minimum Gasteiger partial charge on any atom is -0.497 e. The SMILES string of the molecule is COc1cccc(CNC(=O)c2cn(-c3ncccc3-c3nc(-c4ccccc4)no3)cn2)c1. The molecule has 0 radical (unpaired) electrons. The molecule has 9 heteroatoms. The average Bonchev–Trinajstić information content (AvgIpc) is 3.59. The van der Waals surface area contributed by atoms with Gasteiger partial charge in [-0.3, -0.25) is 9.36 Å². The van der Waals surface area contributed by atoms with Gasteiger partial charge in [0.1, 0.15) is 17.8 Å². The highest BCUT2D eigenvalue weighted by Crippen LogP contribution is 2.26. The Hall–Kier alpha value is -4.79. The van der Waals surface area contributed by atoms with Gasteiger partial charge in [-0.15, -0.1) is 0 Å². The van der Waals surface area contributed by atoms with Crippen molar-refractivity contribution in [3.05, 3.63) is 96.7 Å². The van der Waals surface area contributed by atoms with Crippen molar-refractivity contribution in [2.75, 3.05) is 7.11 Å². The molecule has 5 rings (SSSR count). The van der Waals surface area contributed by atoms with Crippen LogP contribution >= 0.6 is 0 Å². The summed E-state index contributed by atoms with van der Waals surface area (Å²) in [6, 6.07) is 20.7. The van der Waals surface area contributed by atoms with Crippen molar-refractivity contribution in [2.45, 2.75) is 6.54 Å². The van der Waals surface area contributed by atoms with Crippen LogP contribution in [0.5, 0.6) is 5.75 Å². The molecule has 0 unspecified atom stereocenters. The highest BCUT2D eigenvalue weighted by Gasteiger charge is 2.18. The molecular weight excluding hydrogens is 432 g/mol. The number of nitrogens with zero attached hydrogens (tertiary/aromatic N) is 5. The number of ether oxygens (including phenoxy) is 1.